The van der Waals surface area contributed by atoms with Gasteiger partial charge in [-0.2, -0.15) is 4.31 Å². The van der Waals surface area contributed by atoms with E-state index in [1.807, 2.05) is 31.2 Å². The molecule has 1 amide bonds. The third-order valence-electron chi connectivity index (χ3n) is 3.76. The molecule has 2 rings (SSSR count). The van der Waals surface area contributed by atoms with Crippen LogP contribution in [-0.4, -0.2) is 43.8 Å². The number of benzene rings is 1. The number of likely N-dealkylation sites (N-methyl/N-ethyl adjacent to an activating group) is 1. The number of carbonyl (C=O) groups is 1. The van der Waals surface area contributed by atoms with Gasteiger partial charge in [0.25, 0.3) is 0 Å². The molecular weight excluding hydrogens is 420 g/mol. The molecule has 0 unspecified atom stereocenters. The smallest absolute Gasteiger partial charge is 0.246 e. The zero-order valence-corrected chi connectivity index (χ0v) is 17.0. The lowest BCUT2D eigenvalue weighted by atomic mass is 10.1. The molecule has 0 spiro atoms. The second kappa shape index (κ2) is 8.61. The highest BCUT2D eigenvalue weighted by Gasteiger charge is 2.26. The van der Waals surface area contributed by atoms with Gasteiger partial charge in [-0.15, -0.1) is 0 Å². The van der Waals surface area contributed by atoms with E-state index in [-0.39, 0.29) is 23.2 Å². The van der Waals surface area contributed by atoms with Crippen LogP contribution in [0.4, 0.5) is 5.82 Å². The predicted molar refractivity (Wildman–Crippen MR) is 104 cm³/mol. The summed E-state index contributed by atoms with van der Waals surface area (Å²) in [5.41, 5.74) is 7.93. The monoisotopic (exact) mass is 440 g/mol. The summed E-state index contributed by atoms with van der Waals surface area (Å²) in [6, 6.07) is 9.38. The average Bonchev–Trinajstić information content (AvgIpc) is 2.58. The molecule has 0 atom stereocenters. The van der Waals surface area contributed by atoms with E-state index in [0.29, 0.717) is 17.4 Å². The summed E-state index contributed by atoms with van der Waals surface area (Å²) in [6.45, 7) is 2.13. The van der Waals surface area contributed by atoms with Crippen LogP contribution in [0.5, 0.6) is 0 Å². The predicted octanol–water partition coefficient (Wildman–Crippen LogP) is 1.71. The summed E-state index contributed by atoms with van der Waals surface area (Å²) in [4.78, 5) is 15.7. The molecule has 0 saturated heterocycles. The molecule has 0 aliphatic heterocycles. The fourth-order valence-electron chi connectivity index (χ4n) is 2.25. The molecule has 0 fully saturated rings. The highest BCUT2D eigenvalue weighted by molar-refractivity contribution is 9.10. The van der Waals surface area contributed by atoms with Gasteiger partial charge >= 0.3 is 0 Å². The summed E-state index contributed by atoms with van der Waals surface area (Å²) >= 11 is 3.17. The summed E-state index contributed by atoms with van der Waals surface area (Å²) in [5, 5.41) is 2.73. The van der Waals surface area contributed by atoms with Crippen molar-refractivity contribution >= 4 is 37.7 Å². The van der Waals surface area contributed by atoms with E-state index in [1.54, 1.807) is 0 Å². The van der Waals surface area contributed by atoms with Gasteiger partial charge < -0.3 is 11.1 Å². The van der Waals surface area contributed by atoms with Gasteiger partial charge in [0.1, 0.15) is 10.7 Å². The fraction of sp³-hybridized carbons (Fsp3) is 0.294. The van der Waals surface area contributed by atoms with Gasteiger partial charge in [-0.3, -0.25) is 4.79 Å². The van der Waals surface area contributed by atoms with Crippen LogP contribution >= 0.6 is 15.9 Å². The van der Waals surface area contributed by atoms with Gasteiger partial charge in [0.2, 0.25) is 15.9 Å². The number of sulfonamides is 1. The number of aromatic nitrogens is 1. The number of amides is 1. The van der Waals surface area contributed by atoms with Crippen molar-refractivity contribution in [2.75, 3.05) is 25.9 Å². The number of nitrogens with one attached hydrogen (secondary N) is 1. The lowest BCUT2D eigenvalue weighted by Crippen LogP contribution is -2.39. The van der Waals surface area contributed by atoms with Crippen molar-refractivity contribution < 1.29 is 13.2 Å². The summed E-state index contributed by atoms with van der Waals surface area (Å²) in [5.74, 6) is -0.496. The molecule has 2 aromatic rings. The van der Waals surface area contributed by atoms with Crippen LogP contribution < -0.4 is 11.1 Å². The van der Waals surface area contributed by atoms with Crippen LogP contribution in [0.25, 0.3) is 0 Å². The number of pyridine rings is 1. The Kier molecular flexibility index (Phi) is 6.74. The molecule has 1 aromatic heterocycles. The second-order valence-electron chi connectivity index (χ2n) is 5.88. The van der Waals surface area contributed by atoms with Crippen LogP contribution in [0.15, 0.2) is 45.9 Å². The second-order valence-corrected chi connectivity index (χ2v) is 8.81. The Morgan fingerprint density at radius 3 is 2.62 bits per heavy atom. The first-order valence-corrected chi connectivity index (χ1v) is 10.1. The number of nitrogens with zero attached hydrogens (tertiary/aromatic N) is 2. The Labute approximate surface area is 161 Å². The zero-order valence-electron chi connectivity index (χ0n) is 14.6. The van der Waals surface area contributed by atoms with Crippen molar-refractivity contribution in [1.82, 2.24) is 14.6 Å². The number of nitrogen functional groups attached to an aromatic ring is 1. The summed E-state index contributed by atoms with van der Waals surface area (Å²) < 4.78 is 26.6. The molecule has 0 saturated carbocycles. The molecule has 0 radical (unpaired) electrons. The van der Waals surface area contributed by atoms with E-state index in [4.69, 9.17) is 5.73 Å². The Balaban J connectivity index is 1.93. The Bertz CT molecular complexity index is 885. The Morgan fingerprint density at radius 1 is 1.31 bits per heavy atom. The minimum absolute atomic E-state index is 0.111. The molecule has 140 valence electrons. The molecule has 1 aromatic carbocycles. The number of hydrogen-bond acceptors (Lipinski definition) is 5. The van der Waals surface area contributed by atoms with Gasteiger partial charge in [0.05, 0.1) is 6.54 Å². The normalized spacial score (nSPS) is 11.5. The zero-order chi connectivity index (χ0) is 19.3. The lowest BCUT2D eigenvalue weighted by Gasteiger charge is -2.17. The maximum absolute atomic E-state index is 12.6. The van der Waals surface area contributed by atoms with Crippen LogP contribution in [0.2, 0.25) is 0 Å². The number of halogens is 1. The Hall–Kier alpha value is -1.97. The van der Waals surface area contributed by atoms with E-state index in [0.717, 1.165) is 9.87 Å². The third-order valence-corrected chi connectivity index (χ3v) is 6.03. The number of rotatable bonds is 7. The van der Waals surface area contributed by atoms with Crippen molar-refractivity contribution in [2.24, 2.45) is 0 Å². The summed E-state index contributed by atoms with van der Waals surface area (Å²) in [6.07, 6.45) is 2.08. The minimum atomic E-state index is -3.91. The molecule has 7 nitrogen and oxygen atoms in total. The van der Waals surface area contributed by atoms with Crippen molar-refractivity contribution in [3.05, 3.63) is 52.1 Å². The molecule has 1 heterocycles. The van der Waals surface area contributed by atoms with Gasteiger partial charge in [0.15, 0.2) is 0 Å². The molecule has 9 heteroatoms. The summed E-state index contributed by atoms with van der Waals surface area (Å²) in [7, 11) is -2.59. The molecular formula is C17H21BrN4O3S. The number of aryl methyl sites for hydroxylation is 1. The van der Waals surface area contributed by atoms with Crippen LogP contribution in [-0.2, 0) is 21.2 Å². The average molecular weight is 441 g/mol. The van der Waals surface area contributed by atoms with Crippen LogP contribution in [0.3, 0.4) is 0 Å². The van der Waals surface area contributed by atoms with Crippen LogP contribution in [0.1, 0.15) is 11.1 Å². The van der Waals surface area contributed by atoms with Gasteiger partial charge in [0, 0.05) is 24.3 Å². The van der Waals surface area contributed by atoms with Gasteiger partial charge in [-0.25, -0.2) is 13.4 Å². The molecule has 26 heavy (non-hydrogen) atoms. The molecule has 0 bridgehead atoms. The lowest BCUT2D eigenvalue weighted by molar-refractivity contribution is -0.121. The van der Waals surface area contributed by atoms with Crippen molar-refractivity contribution in [1.29, 1.82) is 0 Å². The molecule has 3 N–H and O–H groups in total. The first kappa shape index (κ1) is 20.3. The minimum Gasteiger partial charge on any atom is -0.383 e. The number of anilines is 1. The SMILES string of the molecule is Cc1ccc(CCNC(=O)CN(C)S(=O)(=O)c2cc(Br)cnc2N)cc1. The third kappa shape index (κ3) is 5.26. The van der Waals surface area contributed by atoms with Gasteiger partial charge in [-0.1, -0.05) is 29.8 Å². The van der Waals surface area contributed by atoms with E-state index in [2.05, 4.69) is 26.2 Å². The quantitative estimate of drug-likeness (QED) is 0.681. The van der Waals surface area contributed by atoms with Gasteiger partial charge in [-0.05, 0) is 40.9 Å². The maximum Gasteiger partial charge on any atom is 0.246 e. The van der Waals surface area contributed by atoms with Crippen molar-refractivity contribution in [3.63, 3.8) is 0 Å². The number of hydrogen-bond donors (Lipinski definition) is 2. The van der Waals surface area contributed by atoms with Crippen molar-refractivity contribution in [3.8, 4) is 0 Å². The largest absolute Gasteiger partial charge is 0.383 e. The van der Waals surface area contributed by atoms with E-state index in [9.17, 15) is 13.2 Å². The van der Waals surface area contributed by atoms with E-state index in [1.165, 1.54) is 24.9 Å². The molecule has 0 aliphatic rings. The highest BCUT2D eigenvalue weighted by Crippen LogP contribution is 2.23. The van der Waals surface area contributed by atoms with Crippen molar-refractivity contribution in [2.45, 2.75) is 18.2 Å². The topological polar surface area (TPSA) is 105 Å². The first-order valence-electron chi connectivity index (χ1n) is 7.90. The standard InChI is InChI=1S/C17H21BrN4O3S/c1-12-3-5-13(6-4-12)7-8-20-16(23)11-22(2)26(24,25)15-9-14(18)10-21-17(15)19/h3-6,9-10H,7-8,11H2,1-2H3,(H2,19,21)(H,20,23). The highest BCUT2D eigenvalue weighted by atomic mass is 79.9. The maximum atomic E-state index is 12.6. The number of nitrogens with two attached hydrogens (primary N) is 1. The van der Waals surface area contributed by atoms with E-state index < -0.39 is 10.0 Å². The number of carbonyl (C=O) groups excluding carboxylic acids is 1. The van der Waals surface area contributed by atoms with E-state index >= 15 is 0 Å². The van der Waals surface area contributed by atoms with Crippen LogP contribution in [0, 0.1) is 6.92 Å². The Morgan fingerprint density at radius 2 is 1.96 bits per heavy atom. The molecule has 0 aliphatic carbocycles. The fourth-order valence-corrected chi connectivity index (χ4v) is 3.95. The first-order chi connectivity index (χ1) is 12.2.